The van der Waals surface area contributed by atoms with Crippen molar-refractivity contribution in [1.82, 2.24) is 30.0 Å². The highest BCUT2D eigenvalue weighted by Gasteiger charge is 2.52. The van der Waals surface area contributed by atoms with Crippen molar-refractivity contribution in [2.45, 2.75) is 98.4 Å². The van der Waals surface area contributed by atoms with Crippen molar-refractivity contribution < 1.29 is 38.2 Å². The molecule has 2 fully saturated rings. The van der Waals surface area contributed by atoms with Gasteiger partial charge in [-0.15, -0.1) is 10.2 Å². The van der Waals surface area contributed by atoms with E-state index < -0.39 is 35.3 Å². The van der Waals surface area contributed by atoms with Crippen molar-refractivity contribution in [3.05, 3.63) is 105 Å². The van der Waals surface area contributed by atoms with Gasteiger partial charge in [0.15, 0.2) is 0 Å². The fourth-order valence-corrected chi connectivity index (χ4v) is 10.7. The monoisotopic (exact) mass is 924 g/mol. The van der Waals surface area contributed by atoms with Gasteiger partial charge in [0, 0.05) is 35.3 Å². The number of ether oxygens (including phenoxy) is 2. The Morgan fingerprint density at radius 2 is 1.38 bits per heavy atom. The summed E-state index contributed by atoms with van der Waals surface area (Å²) in [6, 6.07) is 9.49. The van der Waals surface area contributed by atoms with Gasteiger partial charge < -0.3 is 19.3 Å². The third-order valence-corrected chi connectivity index (χ3v) is 14.1. The molecule has 2 aliphatic heterocycles. The number of rotatable bonds is 16. The van der Waals surface area contributed by atoms with Crippen LogP contribution in [0.4, 0.5) is 11.4 Å². The van der Waals surface area contributed by atoms with E-state index in [1.807, 2.05) is 0 Å². The van der Waals surface area contributed by atoms with Crippen molar-refractivity contribution in [2.75, 3.05) is 22.9 Å². The lowest BCUT2D eigenvalue weighted by Crippen LogP contribution is -2.49. The molecule has 340 valence electrons. The number of esters is 2. The number of Topliss-reactive ketones (excluding diaryl/α,β-unsaturated/α-hetero) is 2. The van der Waals surface area contributed by atoms with Gasteiger partial charge in [0.05, 0.1) is 47.9 Å². The Kier molecular flexibility index (Phi) is 12.9. The summed E-state index contributed by atoms with van der Waals surface area (Å²) in [5.74, 6) is -3.25. The van der Waals surface area contributed by atoms with Gasteiger partial charge in [-0.05, 0) is 97.6 Å². The van der Waals surface area contributed by atoms with Crippen LogP contribution in [0.3, 0.4) is 0 Å². The predicted molar refractivity (Wildman–Crippen MR) is 239 cm³/mol. The molecule has 2 aromatic heterocycles. The molecule has 0 bridgehead atoms. The number of benzene rings is 2. The molecule has 0 N–H and O–H groups in total. The van der Waals surface area contributed by atoms with Crippen LogP contribution in [-0.4, -0.2) is 78.4 Å². The number of ketones is 2. The molecule has 2 aromatic carbocycles. The van der Waals surface area contributed by atoms with Crippen molar-refractivity contribution >= 4 is 69.9 Å². The number of carbonyl (C=O) groups is 6. The summed E-state index contributed by atoms with van der Waals surface area (Å²) in [6.45, 7) is 12.1. The second-order valence-corrected chi connectivity index (χ2v) is 19.1. The lowest BCUT2D eigenvalue weighted by Gasteiger charge is -2.58. The van der Waals surface area contributed by atoms with Crippen LogP contribution >= 0.6 is 23.2 Å². The molecule has 65 heavy (non-hydrogen) atoms. The third-order valence-electron chi connectivity index (χ3n) is 13.6. The Bertz CT molecular complexity index is 2640. The molecule has 0 spiro atoms. The number of fused-ring (bicyclic) bond motifs is 3. The highest BCUT2D eigenvalue weighted by Crippen LogP contribution is 2.61. The summed E-state index contributed by atoms with van der Waals surface area (Å²) in [5, 5.41) is 17.2. The van der Waals surface area contributed by atoms with Crippen molar-refractivity contribution in [3.8, 4) is 0 Å². The quantitative estimate of drug-likeness (QED) is 0.0472. The largest absolute Gasteiger partial charge is 0.459 e. The molecule has 2 aliphatic carbocycles. The van der Waals surface area contributed by atoms with E-state index in [9.17, 15) is 28.8 Å². The zero-order chi connectivity index (χ0) is 46.2. The number of hydrogen-bond donors (Lipinski definition) is 0. The molecule has 16 nitrogen and oxygen atoms in total. The fraction of sp³-hybridized carbons (Fsp3) is 0.447. The van der Waals surface area contributed by atoms with Gasteiger partial charge in [0.1, 0.15) is 24.6 Å². The standard InChI is InChI=1S/C47H50Cl2N8O8/c1-28-7-14-39-46(2,3)15-5-16-47(39,4)36(28)11-8-29(21-40(58)64-26-32-25-55(53-50-32)19-20-57-38-13-10-31(49)23-35(38)42(60)44(57)62)45(63)65-27-33-24-54(52-51-33)17-6-18-56-37-12-9-30(48)22-34(37)41(59)43(56)61/h8-10,12-13,22-25,36,39H,1,5-7,11,14-21,26-27H2,2-4H3/b29-8+/t36-,39-,47+/m0/s1. The van der Waals surface area contributed by atoms with Crippen molar-refractivity contribution in [2.24, 2.45) is 22.7 Å². The average molecular weight is 926 g/mol. The van der Waals surface area contributed by atoms with Crippen LogP contribution in [0.2, 0.25) is 10.0 Å². The van der Waals surface area contributed by atoms with Gasteiger partial charge in [0.25, 0.3) is 23.4 Å². The highest BCUT2D eigenvalue weighted by molar-refractivity contribution is 6.53. The average Bonchev–Trinajstić information content (AvgIpc) is 4.03. The normalized spacial score (nSPS) is 21.4. The first kappa shape index (κ1) is 45.6. The number of aromatic nitrogens is 6. The second-order valence-electron chi connectivity index (χ2n) is 18.2. The number of halogens is 2. The van der Waals surface area contributed by atoms with E-state index in [0.29, 0.717) is 58.1 Å². The molecule has 2 saturated carbocycles. The molecule has 8 rings (SSSR count). The van der Waals surface area contributed by atoms with E-state index in [1.54, 1.807) is 47.4 Å². The Morgan fingerprint density at radius 3 is 2.02 bits per heavy atom. The second kappa shape index (κ2) is 18.5. The molecular weight excluding hydrogens is 875 g/mol. The molecule has 4 aliphatic rings. The van der Waals surface area contributed by atoms with Crippen LogP contribution in [0.15, 0.2) is 72.6 Å². The summed E-state index contributed by atoms with van der Waals surface area (Å²) < 4.78 is 14.4. The molecular formula is C47H50Cl2N8O8. The first-order valence-corrected chi connectivity index (χ1v) is 22.6. The zero-order valence-electron chi connectivity index (χ0n) is 36.6. The molecule has 0 unspecified atom stereocenters. The predicted octanol–water partition coefficient (Wildman–Crippen LogP) is 7.32. The van der Waals surface area contributed by atoms with Crippen LogP contribution in [0.5, 0.6) is 0 Å². The van der Waals surface area contributed by atoms with Gasteiger partial charge in [-0.25, -0.2) is 4.79 Å². The maximum absolute atomic E-state index is 13.8. The van der Waals surface area contributed by atoms with Crippen LogP contribution in [-0.2, 0) is 55.0 Å². The third kappa shape index (κ3) is 9.41. The Balaban J connectivity index is 0.893. The van der Waals surface area contributed by atoms with E-state index in [0.717, 1.165) is 37.7 Å². The lowest BCUT2D eigenvalue weighted by atomic mass is 9.47. The van der Waals surface area contributed by atoms with E-state index in [1.165, 1.54) is 26.6 Å². The topological polar surface area (TPSA) is 189 Å². The Hall–Kier alpha value is -6.00. The van der Waals surface area contributed by atoms with Gasteiger partial charge in [-0.2, -0.15) is 0 Å². The summed E-state index contributed by atoms with van der Waals surface area (Å²) in [5.41, 5.74) is 3.70. The van der Waals surface area contributed by atoms with Crippen LogP contribution in [0.25, 0.3) is 0 Å². The highest BCUT2D eigenvalue weighted by atomic mass is 35.5. The van der Waals surface area contributed by atoms with Gasteiger partial charge >= 0.3 is 11.9 Å². The molecule has 18 heteroatoms. The maximum Gasteiger partial charge on any atom is 0.334 e. The smallest absolute Gasteiger partial charge is 0.334 e. The van der Waals surface area contributed by atoms with E-state index in [4.69, 9.17) is 32.7 Å². The number of nitrogens with zero attached hydrogens (tertiary/aromatic N) is 8. The van der Waals surface area contributed by atoms with E-state index >= 15 is 0 Å². The molecule has 3 atom stereocenters. The van der Waals surface area contributed by atoms with Crippen LogP contribution in [0.1, 0.15) is 104 Å². The molecule has 0 saturated heterocycles. The minimum atomic E-state index is -0.690. The number of hydrogen-bond acceptors (Lipinski definition) is 12. The minimum absolute atomic E-state index is 0.0170. The SMILES string of the molecule is C=C1CC[C@H]2C(C)(C)CCC[C@]2(C)[C@H]1C/C=C(\CC(=O)OCc1cn(CCN2C(=O)C(=O)c3cc(Cl)ccc32)nn1)C(=O)OCc1cn(CCCN2C(=O)C(=O)c3cc(Cl)ccc32)nn1. The number of carbonyl (C=O) groups excluding carboxylic acids is 6. The van der Waals surface area contributed by atoms with Crippen LogP contribution < -0.4 is 9.80 Å². The number of amides is 2. The van der Waals surface area contributed by atoms with Crippen LogP contribution in [0, 0.1) is 22.7 Å². The van der Waals surface area contributed by atoms with Gasteiger partial charge in [-0.1, -0.05) is 79.0 Å². The minimum Gasteiger partial charge on any atom is -0.459 e. The molecule has 4 aromatic rings. The lowest BCUT2D eigenvalue weighted by molar-refractivity contribution is -0.147. The number of aryl methyl sites for hydroxylation is 1. The van der Waals surface area contributed by atoms with Crippen molar-refractivity contribution in [3.63, 3.8) is 0 Å². The Morgan fingerprint density at radius 1 is 0.800 bits per heavy atom. The zero-order valence-corrected chi connectivity index (χ0v) is 38.1. The fourth-order valence-electron chi connectivity index (χ4n) is 10.4. The summed E-state index contributed by atoms with van der Waals surface area (Å²) in [6.07, 6.45) is 10.9. The molecule has 4 heterocycles. The maximum atomic E-state index is 13.8. The number of anilines is 2. The Labute approximate surface area is 385 Å². The summed E-state index contributed by atoms with van der Waals surface area (Å²) in [4.78, 5) is 80.4. The van der Waals surface area contributed by atoms with Gasteiger partial charge in [-0.3, -0.25) is 33.3 Å². The molecule has 2 amide bonds. The van der Waals surface area contributed by atoms with Crippen molar-refractivity contribution in [1.29, 1.82) is 0 Å². The summed E-state index contributed by atoms with van der Waals surface area (Å²) in [7, 11) is 0. The van der Waals surface area contributed by atoms with Gasteiger partial charge in [0.2, 0.25) is 0 Å². The van der Waals surface area contributed by atoms with E-state index in [-0.39, 0.29) is 72.7 Å². The number of allylic oxidation sites excluding steroid dienone is 2. The first-order valence-electron chi connectivity index (χ1n) is 21.8. The molecule has 0 radical (unpaired) electrons. The van der Waals surface area contributed by atoms with E-state index in [2.05, 4.69) is 48.0 Å². The summed E-state index contributed by atoms with van der Waals surface area (Å²) >= 11 is 12.1. The first-order chi connectivity index (χ1) is 31.0.